The van der Waals surface area contributed by atoms with E-state index < -0.39 is 0 Å². The minimum absolute atomic E-state index is 0.180. The lowest BCUT2D eigenvalue weighted by molar-refractivity contribution is -0.413. The second-order valence-electron chi connectivity index (χ2n) is 3.77. The van der Waals surface area contributed by atoms with Crippen LogP contribution in [0.4, 0.5) is 11.4 Å². The maximum absolute atomic E-state index is 10.6. The highest BCUT2D eigenvalue weighted by Crippen LogP contribution is 2.24. The number of nitrogens with one attached hydrogen (secondary N) is 2. The molecule has 0 saturated heterocycles. The molecule has 0 aliphatic rings. The molecular weight excluding hydrogens is 246 g/mol. The Labute approximate surface area is 109 Å². The van der Waals surface area contributed by atoms with Gasteiger partial charge in [-0.2, -0.15) is 5.43 Å². The van der Waals surface area contributed by atoms with Gasteiger partial charge in [0.1, 0.15) is 11.4 Å². The van der Waals surface area contributed by atoms with Crippen molar-refractivity contribution >= 4 is 17.6 Å². The molecule has 0 radical (unpaired) electrons. The maximum atomic E-state index is 10.6. The van der Waals surface area contributed by atoms with E-state index in [1.807, 2.05) is 0 Å². The standard InChI is InChI=1S/C13H11N3O3/c17-12-6-5-9(7-13(12)18)8-14-15-10-3-1-2-4-11(10)16-19/h1-8,15,17-18H/p+1/b14-8+. The van der Waals surface area contributed by atoms with E-state index in [1.54, 1.807) is 36.5 Å². The van der Waals surface area contributed by atoms with Gasteiger partial charge in [0.2, 0.25) is 0 Å². The van der Waals surface area contributed by atoms with Crippen LogP contribution in [-0.2, 0) is 0 Å². The van der Waals surface area contributed by atoms with Gasteiger partial charge in [-0.25, -0.2) is 0 Å². The Bertz CT molecular complexity index is 626. The highest BCUT2D eigenvalue weighted by atomic mass is 16.3. The minimum atomic E-state index is -0.203. The van der Waals surface area contributed by atoms with Gasteiger partial charge in [-0.05, 0) is 35.5 Å². The van der Waals surface area contributed by atoms with Gasteiger partial charge in [-0.15, -0.1) is 10.0 Å². The van der Waals surface area contributed by atoms with Crippen LogP contribution in [0.25, 0.3) is 0 Å². The molecule has 0 spiro atoms. The van der Waals surface area contributed by atoms with Gasteiger partial charge in [-0.3, -0.25) is 0 Å². The van der Waals surface area contributed by atoms with Crippen LogP contribution in [0.2, 0.25) is 0 Å². The van der Waals surface area contributed by atoms with E-state index in [1.165, 1.54) is 12.1 Å². The summed E-state index contributed by atoms with van der Waals surface area (Å²) in [6, 6.07) is 11.2. The molecule has 4 N–H and O–H groups in total. The summed E-state index contributed by atoms with van der Waals surface area (Å²) in [7, 11) is 0. The van der Waals surface area contributed by atoms with Crippen LogP contribution in [0.1, 0.15) is 5.56 Å². The van der Waals surface area contributed by atoms with Crippen LogP contribution in [-0.4, -0.2) is 16.4 Å². The molecule has 96 valence electrons. The Morgan fingerprint density at radius 3 is 2.63 bits per heavy atom. The van der Waals surface area contributed by atoms with E-state index in [4.69, 9.17) is 5.11 Å². The van der Waals surface area contributed by atoms with Gasteiger partial charge < -0.3 is 10.2 Å². The molecule has 2 aromatic rings. The Morgan fingerprint density at radius 2 is 1.89 bits per heavy atom. The smallest absolute Gasteiger partial charge is 0.198 e. The number of anilines is 1. The van der Waals surface area contributed by atoms with E-state index in [-0.39, 0.29) is 17.2 Å². The van der Waals surface area contributed by atoms with E-state index >= 15 is 0 Å². The number of hydrazone groups is 1. The van der Waals surface area contributed by atoms with E-state index in [2.05, 4.69) is 15.7 Å². The fourth-order valence-electron chi connectivity index (χ4n) is 1.49. The zero-order chi connectivity index (χ0) is 13.7. The number of rotatable bonds is 4. The number of benzene rings is 2. The van der Waals surface area contributed by atoms with Gasteiger partial charge in [0.05, 0.1) is 0 Å². The van der Waals surface area contributed by atoms with Crippen LogP contribution < -0.4 is 10.5 Å². The number of phenols is 2. The summed E-state index contributed by atoms with van der Waals surface area (Å²) in [5.41, 5.74) is 4.28. The molecule has 19 heavy (non-hydrogen) atoms. The predicted molar refractivity (Wildman–Crippen MR) is 71.4 cm³/mol. The molecular formula is C13H12N3O3+. The van der Waals surface area contributed by atoms with Crippen LogP contribution in [0.5, 0.6) is 11.5 Å². The highest BCUT2D eigenvalue weighted by molar-refractivity contribution is 5.76. The normalized spacial score (nSPS) is 10.5. The van der Waals surface area contributed by atoms with Crippen LogP contribution in [0.15, 0.2) is 47.6 Å². The Kier molecular flexibility index (Phi) is 3.72. The highest BCUT2D eigenvalue weighted by Gasteiger charge is 2.03. The summed E-state index contributed by atoms with van der Waals surface area (Å²) in [5, 5.41) is 24.1. The zero-order valence-electron chi connectivity index (χ0n) is 9.87. The second-order valence-corrected chi connectivity index (χ2v) is 3.77. The maximum Gasteiger partial charge on any atom is 0.198 e. The first-order valence-electron chi connectivity index (χ1n) is 5.50. The molecule has 0 fully saturated rings. The third-order valence-electron chi connectivity index (χ3n) is 2.45. The van der Waals surface area contributed by atoms with Crippen molar-refractivity contribution in [1.82, 2.24) is 0 Å². The van der Waals surface area contributed by atoms with Crippen LogP contribution in [0, 0.1) is 4.91 Å². The van der Waals surface area contributed by atoms with E-state index in [0.29, 0.717) is 11.3 Å². The molecule has 6 nitrogen and oxygen atoms in total. The number of nitrogens with zero attached hydrogens (tertiary/aromatic N) is 1. The lowest BCUT2D eigenvalue weighted by Gasteiger charge is -1.98. The Hall–Kier alpha value is -2.89. The SMILES string of the molecule is O=Nc1ccccc1N/[NH+]=C/c1ccc(O)c(O)c1. The van der Waals surface area contributed by atoms with Gasteiger partial charge in [0.15, 0.2) is 17.7 Å². The molecule has 0 bridgehead atoms. The van der Waals surface area contributed by atoms with Crippen molar-refractivity contribution in [3.63, 3.8) is 0 Å². The summed E-state index contributed by atoms with van der Waals surface area (Å²) in [4.78, 5) is 10.6. The topological polar surface area (TPSA) is 95.9 Å². The number of hydrogen-bond donors (Lipinski definition) is 4. The first-order valence-corrected chi connectivity index (χ1v) is 5.50. The molecule has 0 amide bonds. The molecule has 0 unspecified atom stereocenters. The number of aromatic hydroxyl groups is 2. The molecule has 0 aliphatic carbocycles. The van der Waals surface area contributed by atoms with E-state index in [0.717, 1.165) is 0 Å². The van der Waals surface area contributed by atoms with Gasteiger partial charge >= 0.3 is 0 Å². The molecule has 0 aliphatic heterocycles. The monoisotopic (exact) mass is 258 g/mol. The molecule has 2 rings (SSSR count). The summed E-state index contributed by atoms with van der Waals surface area (Å²) in [6.45, 7) is 0. The average molecular weight is 258 g/mol. The van der Waals surface area contributed by atoms with Crippen molar-refractivity contribution < 1.29 is 15.3 Å². The van der Waals surface area contributed by atoms with Crippen LogP contribution in [0.3, 0.4) is 0 Å². The van der Waals surface area contributed by atoms with Gasteiger partial charge in [0, 0.05) is 5.56 Å². The minimum Gasteiger partial charge on any atom is -0.504 e. The fraction of sp³-hybridized carbons (Fsp3) is 0. The zero-order valence-corrected chi connectivity index (χ0v) is 9.87. The van der Waals surface area contributed by atoms with Crippen molar-refractivity contribution in [3.05, 3.63) is 52.9 Å². The van der Waals surface area contributed by atoms with Crippen LogP contribution >= 0.6 is 0 Å². The van der Waals surface area contributed by atoms with Crippen molar-refractivity contribution in [2.75, 3.05) is 5.43 Å². The van der Waals surface area contributed by atoms with Crippen molar-refractivity contribution in [2.24, 2.45) is 5.18 Å². The molecule has 6 heteroatoms. The quantitative estimate of drug-likeness (QED) is 0.285. The summed E-state index contributed by atoms with van der Waals surface area (Å²) < 4.78 is 0. The van der Waals surface area contributed by atoms with Gasteiger partial charge in [-0.1, -0.05) is 12.1 Å². The van der Waals surface area contributed by atoms with Crippen molar-refractivity contribution in [1.29, 1.82) is 0 Å². The summed E-state index contributed by atoms with van der Waals surface area (Å²) >= 11 is 0. The largest absolute Gasteiger partial charge is 0.504 e. The van der Waals surface area contributed by atoms with Crippen molar-refractivity contribution in [2.45, 2.75) is 0 Å². The molecule has 0 atom stereocenters. The number of hydrogen-bond acceptors (Lipinski definition) is 5. The number of para-hydroxylation sites is 1. The lowest BCUT2D eigenvalue weighted by atomic mass is 10.2. The molecule has 0 heterocycles. The summed E-state index contributed by atoms with van der Waals surface area (Å²) in [6.07, 6.45) is 1.57. The molecule has 2 aromatic carbocycles. The second kappa shape index (κ2) is 5.63. The van der Waals surface area contributed by atoms with Crippen molar-refractivity contribution in [3.8, 4) is 11.5 Å². The molecule has 0 saturated carbocycles. The fourth-order valence-corrected chi connectivity index (χ4v) is 1.49. The number of nitroso groups, excluding NO2 is 1. The number of hydrazine groups is 1. The average Bonchev–Trinajstić information content (AvgIpc) is 2.43. The summed E-state index contributed by atoms with van der Waals surface area (Å²) in [5.74, 6) is -0.383. The number of phenolic OH excluding ortho intramolecular Hbond substituents is 2. The molecule has 0 aromatic heterocycles. The van der Waals surface area contributed by atoms with E-state index in [9.17, 15) is 10.0 Å². The van der Waals surface area contributed by atoms with Gasteiger partial charge in [0.25, 0.3) is 0 Å². The first-order chi connectivity index (χ1) is 9.20. The Morgan fingerprint density at radius 1 is 1.11 bits per heavy atom. The first kappa shape index (κ1) is 12.6. The third-order valence-corrected chi connectivity index (χ3v) is 2.45. The Balaban J connectivity index is 2.11. The predicted octanol–water partition coefficient (Wildman–Crippen LogP) is 1.02. The third kappa shape index (κ3) is 3.06. The lowest BCUT2D eigenvalue weighted by Crippen LogP contribution is -2.74.